The Bertz CT molecular complexity index is 713. The summed E-state index contributed by atoms with van der Waals surface area (Å²) in [5.74, 6) is 2.80. The molecule has 7 heteroatoms. The maximum absolute atomic E-state index is 4.58. The van der Waals surface area contributed by atoms with Crippen LogP contribution in [-0.4, -0.2) is 80.8 Å². The standard InChI is InChI=1S/C20H31N7/c1-24-11-13-27(14-12-24)16-19-22-23-20(25(19)2)18-5-9-26(10-6-18)15-17-3-7-21-8-4-17/h3-4,7-8,18H,5-6,9-16H2,1-2H3. The molecule has 2 aliphatic rings. The summed E-state index contributed by atoms with van der Waals surface area (Å²) in [7, 11) is 4.34. The molecule has 4 heterocycles. The summed E-state index contributed by atoms with van der Waals surface area (Å²) < 4.78 is 2.25. The van der Waals surface area contributed by atoms with E-state index in [0.29, 0.717) is 5.92 Å². The van der Waals surface area contributed by atoms with Gasteiger partial charge in [-0.25, -0.2) is 0 Å². The van der Waals surface area contributed by atoms with Gasteiger partial charge in [0.15, 0.2) is 0 Å². The molecule has 2 saturated heterocycles. The van der Waals surface area contributed by atoms with Crippen LogP contribution >= 0.6 is 0 Å². The molecule has 0 radical (unpaired) electrons. The maximum atomic E-state index is 4.58. The maximum Gasteiger partial charge on any atom is 0.146 e. The van der Waals surface area contributed by atoms with Crippen LogP contribution in [0.2, 0.25) is 0 Å². The van der Waals surface area contributed by atoms with Gasteiger partial charge in [0.1, 0.15) is 11.6 Å². The molecule has 0 atom stereocenters. The first kappa shape index (κ1) is 18.5. The normalized spacial score (nSPS) is 21.0. The molecule has 0 aliphatic carbocycles. The van der Waals surface area contributed by atoms with E-state index >= 15 is 0 Å². The van der Waals surface area contributed by atoms with Gasteiger partial charge < -0.3 is 9.47 Å². The molecule has 0 saturated carbocycles. The number of rotatable bonds is 5. The van der Waals surface area contributed by atoms with Gasteiger partial charge in [0.2, 0.25) is 0 Å². The molecular weight excluding hydrogens is 338 g/mol. The van der Waals surface area contributed by atoms with E-state index in [1.54, 1.807) is 0 Å². The fourth-order valence-electron chi connectivity index (χ4n) is 4.17. The van der Waals surface area contributed by atoms with E-state index in [9.17, 15) is 0 Å². The highest BCUT2D eigenvalue weighted by Gasteiger charge is 2.26. The van der Waals surface area contributed by atoms with Gasteiger partial charge >= 0.3 is 0 Å². The van der Waals surface area contributed by atoms with Crippen LogP contribution in [0.5, 0.6) is 0 Å². The Morgan fingerprint density at radius 1 is 0.852 bits per heavy atom. The number of likely N-dealkylation sites (tertiary alicyclic amines) is 1. The van der Waals surface area contributed by atoms with Crippen LogP contribution in [0.3, 0.4) is 0 Å². The van der Waals surface area contributed by atoms with Gasteiger partial charge in [0, 0.05) is 58.1 Å². The molecule has 146 valence electrons. The average Bonchev–Trinajstić information content (AvgIpc) is 3.05. The molecule has 2 aromatic heterocycles. The van der Waals surface area contributed by atoms with Crippen LogP contribution in [0.25, 0.3) is 0 Å². The van der Waals surface area contributed by atoms with Crippen molar-refractivity contribution in [3.05, 3.63) is 41.7 Å². The third-order valence-electron chi connectivity index (χ3n) is 6.07. The van der Waals surface area contributed by atoms with Crippen LogP contribution in [0, 0.1) is 0 Å². The second-order valence-corrected chi connectivity index (χ2v) is 8.02. The lowest BCUT2D eigenvalue weighted by molar-refractivity contribution is 0.144. The molecule has 0 unspecified atom stereocenters. The van der Waals surface area contributed by atoms with Gasteiger partial charge in [-0.05, 0) is 50.7 Å². The Kier molecular flexibility index (Phi) is 5.80. The Morgan fingerprint density at radius 2 is 1.52 bits per heavy atom. The number of hydrogen-bond acceptors (Lipinski definition) is 6. The monoisotopic (exact) mass is 369 g/mol. The predicted octanol–water partition coefficient (Wildman–Crippen LogP) is 1.34. The Morgan fingerprint density at radius 3 is 2.22 bits per heavy atom. The van der Waals surface area contributed by atoms with Crippen LogP contribution in [0.1, 0.15) is 36.0 Å². The van der Waals surface area contributed by atoms with Crippen LogP contribution in [-0.2, 0) is 20.1 Å². The molecular formula is C20H31N7. The zero-order valence-electron chi connectivity index (χ0n) is 16.6. The Balaban J connectivity index is 1.31. The smallest absolute Gasteiger partial charge is 0.146 e. The molecule has 7 nitrogen and oxygen atoms in total. The number of nitrogens with zero attached hydrogens (tertiary/aromatic N) is 7. The first-order valence-corrected chi connectivity index (χ1v) is 10.1. The van der Waals surface area contributed by atoms with Gasteiger partial charge in [-0.15, -0.1) is 10.2 Å². The second-order valence-electron chi connectivity index (χ2n) is 8.02. The second kappa shape index (κ2) is 8.46. The average molecular weight is 370 g/mol. The van der Waals surface area contributed by atoms with Gasteiger partial charge in [-0.3, -0.25) is 14.8 Å². The molecule has 4 rings (SSSR count). The van der Waals surface area contributed by atoms with Crippen molar-refractivity contribution >= 4 is 0 Å². The van der Waals surface area contributed by atoms with Crippen molar-refractivity contribution in [2.75, 3.05) is 46.3 Å². The fraction of sp³-hybridized carbons (Fsp3) is 0.650. The van der Waals surface area contributed by atoms with Crippen molar-refractivity contribution in [3.8, 4) is 0 Å². The lowest BCUT2D eigenvalue weighted by Crippen LogP contribution is -2.44. The minimum Gasteiger partial charge on any atom is -0.317 e. The van der Waals surface area contributed by atoms with Gasteiger partial charge in [0.25, 0.3) is 0 Å². The van der Waals surface area contributed by atoms with Crippen molar-refractivity contribution in [2.24, 2.45) is 7.05 Å². The topological polar surface area (TPSA) is 53.3 Å². The molecule has 0 spiro atoms. The minimum atomic E-state index is 0.525. The van der Waals surface area contributed by atoms with Crippen LogP contribution < -0.4 is 0 Å². The third-order valence-corrected chi connectivity index (χ3v) is 6.07. The van der Waals surface area contributed by atoms with Crippen LogP contribution in [0.15, 0.2) is 24.5 Å². The van der Waals surface area contributed by atoms with E-state index in [0.717, 1.165) is 71.0 Å². The highest BCUT2D eigenvalue weighted by atomic mass is 15.3. The number of piperidine rings is 1. The van der Waals surface area contributed by atoms with E-state index in [1.807, 2.05) is 12.4 Å². The number of likely N-dealkylation sites (N-methyl/N-ethyl adjacent to an activating group) is 1. The first-order valence-electron chi connectivity index (χ1n) is 10.1. The summed E-state index contributed by atoms with van der Waals surface area (Å²) in [6, 6.07) is 4.22. The molecule has 0 bridgehead atoms. The Labute approximate surface area is 162 Å². The number of piperazine rings is 1. The molecule has 2 fully saturated rings. The first-order chi connectivity index (χ1) is 13.2. The Hall–Kier alpha value is -1.83. The zero-order valence-corrected chi connectivity index (χ0v) is 16.6. The summed E-state index contributed by atoms with van der Waals surface area (Å²) in [6.07, 6.45) is 6.07. The van der Waals surface area contributed by atoms with Crippen LogP contribution in [0.4, 0.5) is 0 Å². The largest absolute Gasteiger partial charge is 0.317 e. The number of hydrogen-bond donors (Lipinski definition) is 0. The number of pyridine rings is 1. The fourth-order valence-corrected chi connectivity index (χ4v) is 4.17. The van der Waals surface area contributed by atoms with E-state index in [2.05, 4.69) is 60.7 Å². The highest BCUT2D eigenvalue weighted by Crippen LogP contribution is 2.27. The third kappa shape index (κ3) is 4.54. The highest BCUT2D eigenvalue weighted by molar-refractivity contribution is 5.10. The summed E-state index contributed by atoms with van der Waals surface area (Å²) in [5, 5.41) is 9.11. The molecule has 2 aromatic rings. The summed E-state index contributed by atoms with van der Waals surface area (Å²) in [5.41, 5.74) is 1.34. The predicted molar refractivity (Wildman–Crippen MR) is 105 cm³/mol. The zero-order chi connectivity index (χ0) is 18.6. The van der Waals surface area contributed by atoms with Gasteiger partial charge in [0.05, 0.1) is 6.54 Å². The summed E-state index contributed by atoms with van der Waals surface area (Å²) >= 11 is 0. The molecule has 27 heavy (non-hydrogen) atoms. The molecule has 0 amide bonds. The number of aromatic nitrogens is 4. The van der Waals surface area contributed by atoms with Gasteiger partial charge in [-0.1, -0.05) is 0 Å². The van der Waals surface area contributed by atoms with E-state index in [-0.39, 0.29) is 0 Å². The van der Waals surface area contributed by atoms with Crippen molar-refractivity contribution in [1.29, 1.82) is 0 Å². The molecule has 0 N–H and O–H groups in total. The molecule has 2 aliphatic heterocycles. The summed E-state index contributed by atoms with van der Waals surface area (Å²) in [6.45, 7) is 8.68. The molecule has 0 aromatic carbocycles. The van der Waals surface area contributed by atoms with Crippen molar-refractivity contribution in [1.82, 2.24) is 34.4 Å². The SMILES string of the molecule is CN1CCN(Cc2nnc(C3CCN(Cc4ccncc4)CC3)n2C)CC1. The van der Waals surface area contributed by atoms with Crippen molar-refractivity contribution in [2.45, 2.75) is 31.8 Å². The minimum absolute atomic E-state index is 0.525. The lowest BCUT2D eigenvalue weighted by Gasteiger charge is -2.32. The lowest BCUT2D eigenvalue weighted by atomic mass is 9.95. The summed E-state index contributed by atoms with van der Waals surface area (Å²) in [4.78, 5) is 11.5. The van der Waals surface area contributed by atoms with Gasteiger partial charge in [-0.2, -0.15) is 0 Å². The van der Waals surface area contributed by atoms with E-state index in [4.69, 9.17) is 0 Å². The van der Waals surface area contributed by atoms with E-state index in [1.165, 1.54) is 11.4 Å². The van der Waals surface area contributed by atoms with E-state index < -0.39 is 0 Å². The van der Waals surface area contributed by atoms with Crippen molar-refractivity contribution < 1.29 is 0 Å². The quantitative estimate of drug-likeness (QED) is 0.793. The van der Waals surface area contributed by atoms with Crippen molar-refractivity contribution in [3.63, 3.8) is 0 Å².